The lowest BCUT2D eigenvalue weighted by Crippen LogP contribution is -1.91. The number of aromatic nitrogens is 1. The molecule has 1 aromatic heterocycles. The maximum atomic E-state index is 2.37. The van der Waals surface area contributed by atoms with Gasteiger partial charge in [0.15, 0.2) is 0 Å². The van der Waals surface area contributed by atoms with Crippen molar-refractivity contribution in [1.82, 2.24) is 4.57 Å². The molecule has 0 N–H and O–H groups in total. The van der Waals surface area contributed by atoms with E-state index >= 15 is 0 Å². The van der Waals surface area contributed by atoms with Crippen LogP contribution < -0.4 is 0 Å². The largest absolute Gasteiger partial charge is 0.341 e. The van der Waals surface area contributed by atoms with Crippen LogP contribution in [-0.4, -0.2) is 4.57 Å². The Morgan fingerprint density at radius 3 is 1.27 bits per heavy atom. The molecule has 0 amide bonds. The number of hydrogen-bond donors (Lipinski definition) is 0. The van der Waals surface area contributed by atoms with Crippen LogP contribution in [0.5, 0.6) is 0 Å². The summed E-state index contributed by atoms with van der Waals surface area (Å²) in [5.74, 6) is 0. The van der Waals surface area contributed by atoms with Crippen LogP contribution in [0.25, 0.3) is 21.8 Å². The van der Waals surface area contributed by atoms with E-state index in [0.717, 1.165) is 6.54 Å². The Labute approximate surface area is 137 Å². The zero-order valence-electron chi connectivity index (χ0n) is 15.5. The van der Waals surface area contributed by atoms with E-state index in [1.165, 1.54) is 28.2 Å². The first-order valence-electron chi connectivity index (χ1n) is 8.79. The van der Waals surface area contributed by atoms with Gasteiger partial charge in [-0.1, -0.05) is 84.4 Å². The Kier molecular flexibility index (Phi) is 10.9. The Morgan fingerprint density at radius 1 is 0.636 bits per heavy atom. The predicted octanol–water partition coefficient (Wildman–Crippen LogP) is 7.28. The zero-order chi connectivity index (χ0) is 17.0. The molecule has 0 atom stereocenters. The highest BCUT2D eigenvalue weighted by Crippen LogP contribution is 2.28. The minimum atomic E-state index is 1.02. The van der Waals surface area contributed by atoms with Crippen molar-refractivity contribution in [1.29, 1.82) is 0 Å². The van der Waals surface area contributed by atoms with E-state index in [1.54, 1.807) is 0 Å². The quantitative estimate of drug-likeness (QED) is 0.445. The number of hydrogen-bond acceptors (Lipinski definition) is 0. The lowest BCUT2D eigenvalue weighted by molar-refractivity contribution is 0.827. The van der Waals surface area contributed by atoms with E-state index in [1.807, 2.05) is 27.7 Å². The smallest absolute Gasteiger partial charge is 0.0491 e. The first-order valence-corrected chi connectivity index (χ1v) is 8.79. The second-order valence-corrected chi connectivity index (χ2v) is 4.49. The summed E-state index contributed by atoms with van der Waals surface area (Å²) in [4.78, 5) is 0. The second kappa shape index (κ2) is 11.9. The summed E-state index contributed by atoms with van der Waals surface area (Å²) in [7, 11) is 0. The van der Waals surface area contributed by atoms with E-state index in [2.05, 4.69) is 73.9 Å². The SMILES string of the molecule is CC.CC.CCC.CCn1c2ccccc2c2ccccc21. The molecule has 0 radical (unpaired) electrons. The van der Waals surface area contributed by atoms with E-state index in [0.29, 0.717) is 0 Å². The fourth-order valence-corrected chi connectivity index (χ4v) is 2.34. The number of nitrogens with zero attached hydrogens (tertiary/aromatic N) is 1. The predicted molar refractivity (Wildman–Crippen MR) is 104 cm³/mol. The molecule has 3 aromatic rings. The second-order valence-electron chi connectivity index (χ2n) is 4.49. The van der Waals surface area contributed by atoms with Crippen LogP contribution in [0.15, 0.2) is 48.5 Å². The fourth-order valence-electron chi connectivity index (χ4n) is 2.34. The molecular weight excluding hydrogens is 266 g/mol. The van der Waals surface area contributed by atoms with E-state index in [9.17, 15) is 0 Å². The van der Waals surface area contributed by atoms with Crippen molar-refractivity contribution in [2.75, 3.05) is 0 Å². The standard InChI is InChI=1S/C14H13N.C3H8.2C2H6/c1-2-15-13-9-5-3-7-11(13)12-8-4-6-10-14(12)15;1-3-2;2*1-2/h3-10H,2H2,1H3;3H2,1-2H3;2*1-2H3. The average molecular weight is 300 g/mol. The average Bonchev–Trinajstić information content (AvgIpc) is 2.93. The molecule has 2 aromatic carbocycles. The van der Waals surface area contributed by atoms with Crippen LogP contribution in [0.3, 0.4) is 0 Å². The highest BCUT2D eigenvalue weighted by Gasteiger charge is 2.06. The fraction of sp³-hybridized carbons (Fsp3) is 0.429. The van der Waals surface area contributed by atoms with Gasteiger partial charge >= 0.3 is 0 Å². The third-order valence-corrected chi connectivity index (χ3v) is 3.00. The Hall–Kier alpha value is -1.76. The third-order valence-electron chi connectivity index (χ3n) is 3.00. The van der Waals surface area contributed by atoms with Crippen molar-refractivity contribution in [3.05, 3.63) is 48.5 Å². The third kappa shape index (κ3) is 4.62. The Bertz CT molecular complexity index is 581. The van der Waals surface area contributed by atoms with Gasteiger partial charge in [-0.15, -0.1) is 0 Å². The summed E-state index contributed by atoms with van der Waals surface area (Å²) in [6, 6.07) is 17.2. The molecular formula is C21H33N. The highest BCUT2D eigenvalue weighted by atomic mass is 15.0. The van der Waals surface area contributed by atoms with E-state index in [-0.39, 0.29) is 0 Å². The van der Waals surface area contributed by atoms with Crippen LogP contribution in [0, 0.1) is 0 Å². The van der Waals surface area contributed by atoms with Gasteiger partial charge < -0.3 is 4.57 Å². The lowest BCUT2D eigenvalue weighted by atomic mass is 10.2. The van der Waals surface area contributed by atoms with Crippen molar-refractivity contribution in [3.8, 4) is 0 Å². The van der Waals surface area contributed by atoms with Crippen LogP contribution in [0.2, 0.25) is 0 Å². The molecule has 1 heteroatoms. The van der Waals surface area contributed by atoms with Crippen LogP contribution in [0.4, 0.5) is 0 Å². The van der Waals surface area contributed by atoms with Crippen LogP contribution in [-0.2, 0) is 6.54 Å². The molecule has 0 aliphatic carbocycles. The first kappa shape index (κ1) is 20.2. The van der Waals surface area contributed by atoms with Crippen LogP contribution in [0.1, 0.15) is 54.9 Å². The summed E-state index contributed by atoms with van der Waals surface area (Å²) < 4.78 is 2.37. The van der Waals surface area contributed by atoms with E-state index < -0.39 is 0 Å². The molecule has 0 fully saturated rings. The van der Waals surface area contributed by atoms with Crippen LogP contribution >= 0.6 is 0 Å². The molecule has 22 heavy (non-hydrogen) atoms. The maximum Gasteiger partial charge on any atom is 0.0491 e. The summed E-state index contributed by atoms with van der Waals surface area (Å²) in [5, 5.41) is 2.71. The number of rotatable bonds is 1. The summed E-state index contributed by atoms with van der Waals surface area (Å²) in [6.45, 7) is 15.5. The lowest BCUT2D eigenvalue weighted by Gasteiger charge is -2.01. The minimum absolute atomic E-state index is 1.02. The van der Waals surface area contributed by atoms with Crippen molar-refractivity contribution >= 4 is 21.8 Å². The van der Waals surface area contributed by atoms with Gasteiger partial charge in [0.05, 0.1) is 0 Å². The topological polar surface area (TPSA) is 4.93 Å². The molecule has 0 saturated heterocycles. The number of aryl methyl sites for hydroxylation is 1. The molecule has 0 saturated carbocycles. The molecule has 0 bridgehead atoms. The van der Waals surface area contributed by atoms with Gasteiger partial charge in [-0.05, 0) is 19.1 Å². The van der Waals surface area contributed by atoms with Crippen molar-refractivity contribution < 1.29 is 0 Å². The van der Waals surface area contributed by atoms with Gasteiger partial charge in [-0.2, -0.15) is 0 Å². The van der Waals surface area contributed by atoms with Gasteiger partial charge in [0, 0.05) is 28.4 Å². The Morgan fingerprint density at radius 2 is 0.955 bits per heavy atom. The number of fused-ring (bicyclic) bond motifs is 3. The molecule has 0 aliphatic rings. The highest BCUT2D eigenvalue weighted by molar-refractivity contribution is 6.07. The van der Waals surface area contributed by atoms with Gasteiger partial charge in [-0.25, -0.2) is 0 Å². The molecule has 1 heterocycles. The molecule has 1 nitrogen and oxygen atoms in total. The van der Waals surface area contributed by atoms with Gasteiger partial charge in [0.2, 0.25) is 0 Å². The van der Waals surface area contributed by atoms with Gasteiger partial charge in [-0.3, -0.25) is 0 Å². The van der Waals surface area contributed by atoms with Crippen molar-refractivity contribution in [3.63, 3.8) is 0 Å². The summed E-state index contributed by atoms with van der Waals surface area (Å²) in [6.07, 6.45) is 1.25. The molecule has 0 aliphatic heterocycles. The summed E-state index contributed by atoms with van der Waals surface area (Å²) in [5.41, 5.74) is 2.67. The molecule has 0 unspecified atom stereocenters. The maximum absolute atomic E-state index is 2.37. The summed E-state index contributed by atoms with van der Waals surface area (Å²) >= 11 is 0. The van der Waals surface area contributed by atoms with E-state index in [4.69, 9.17) is 0 Å². The normalized spacial score (nSPS) is 9.05. The van der Waals surface area contributed by atoms with Crippen molar-refractivity contribution in [2.45, 2.75) is 61.4 Å². The monoisotopic (exact) mass is 299 g/mol. The van der Waals surface area contributed by atoms with Gasteiger partial charge in [0.1, 0.15) is 0 Å². The molecule has 0 spiro atoms. The Balaban J connectivity index is 0.000000553. The first-order chi connectivity index (χ1) is 10.8. The molecule has 122 valence electrons. The minimum Gasteiger partial charge on any atom is -0.341 e. The van der Waals surface area contributed by atoms with Gasteiger partial charge in [0.25, 0.3) is 0 Å². The number of benzene rings is 2. The number of para-hydroxylation sites is 2. The molecule has 3 rings (SSSR count). The zero-order valence-corrected chi connectivity index (χ0v) is 15.5. The van der Waals surface area contributed by atoms with Crippen molar-refractivity contribution in [2.24, 2.45) is 0 Å².